The van der Waals surface area contributed by atoms with Gasteiger partial charge in [0.05, 0.1) is 23.6 Å². The third kappa shape index (κ3) is 1.82. The van der Waals surface area contributed by atoms with E-state index in [1.165, 1.54) is 0 Å². The number of aromatic nitrogens is 3. The Balaban J connectivity index is 2.07. The molecule has 4 nitrogen and oxygen atoms in total. The standard InChI is InChI=1S/C13H17N3O/c1-9-8-17-4-3-12(9)13-15-6-11-5-14-10(2)7-16(11)13/h5-7,9,12H,3-4,8H2,1-2H3. The molecule has 0 spiro atoms. The predicted octanol–water partition coefficient (Wildman–Crippen LogP) is 2.18. The Morgan fingerprint density at radius 1 is 1.35 bits per heavy atom. The van der Waals surface area contributed by atoms with E-state index in [4.69, 9.17) is 4.74 Å². The van der Waals surface area contributed by atoms with Gasteiger partial charge in [-0.3, -0.25) is 4.98 Å². The maximum atomic E-state index is 5.50. The van der Waals surface area contributed by atoms with Gasteiger partial charge in [0.25, 0.3) is 0 Å². The molecule has 3 rings (SSSR count). The fraction of sp³-hybridized carbons (Fsp3) is 0.538. The molecule has 4 heteroatoms. The van der Waals surface area contributed by atoms with Crippen molar-refractivity contribution in [2.24, 2.45) is 5.92 Å². The van der Waals surface area contributed by atoms with Crippen molar-refractivity contribution < 1.29 is 4.74 Å². The summed E-state index contributed by atoms with van der Waals surface area (Å²) in [7, 11) is 0. The Morgan fingerprint density at radius 2 is 2.18 bits per heavy atom. The average Bonchev–Trinajstić information content (AvgIpc) is 2.72. The summed E-state index contributed by atoms with van der Waals surface area (Å²) in [6.45, 7) is 5.92. The van der Waals surface area contributed by atoms with Gasteiger partial charge in [-0.05, 0) is 19.3 Å². The molecule has 90 valence electrons. The highest BCUT2D eigenvalue weighted by Crippen LogP contribution is 2.31. The molecule has 0 aliphatic carbocycles. The first-order valence-electron chi connectivity index (χ1n) is 6.13. The van der Waals surface area contributed by atoms with Crippen molar-refractivity contribution in [2.75, 3.05) is 13.2 Å². The van der Waals surface area contributed by atoms with E-state index in [0.717, 1.165) is 36.7 Å². The van der Waals surface area contributed by atoms with Crippen molar-refractivity contribution in [3.05, 3.63) is 30.1 Å². The lowest BCUT2D eigenvalue weighted by Crippen LogP contribution is -2.25. The Kier molecular flexibility index (Phi) is 2.59. The van der Waals surface area contributed by atoms with Crippen molar-refractivity contribution in [1.29, 1.82) is 0 Å². The molecule has 0 N–H and O–H groups in total. The van der Waals surface area contributed by atoms with Gasteiger partial charge in [0.2, 0.25) is 0 Å². The SMILES string of the molecule is Cc1cn2c(C3CCOCC3C)ncc2cn1. The predicted molar refractivity (Wildman–Crippen MR) is 65.1 cm³/mol. The number of fused-ring (bicyclic) bond motifs is 1. The van der Waals surface area contributed by atoms with Gasteiger partial charge < -0.3 is 9.14 Å². The van der Waals surface area contributed by atoms with Gasteiger partial charge in [-0.15, -0.1) is 0 Å². The molecule has 1 aliphatic rings. The molecule has 3 heterocycles. The topological polar surface area (TPSA) is 39.4 Å². The van der Waals surface area contributed by atoms with E-state index in [-0.39, 0.29) is 0 Å². The van der Waals surface area contributed by atoms with Gasteiger partial charge in [-0.25, -0.2) is 4.98 Å². The van der Waals surface area contributed by atoms with Crippen molar-refractivity contribution in [2.45, 2.75) is 26.2 Å². The summed E-state index contributed by atoms with van der Waals surface area (Å²) in [6, 6.07) is 0. The zero-order chi connectivity index (χ0) is 11.8. The number of aryl methyl sites for hydroxylation is 1. The molecule has 1 fully saturated rings. The molecular weight excluding hydrogens is 214 g/mol. The Hall–Kier alpha value is -1.42. The highest BCUT2D eigenvalue weighted by molar-refractivity contribution is 5.44. The molecule has 1 saturated heterocycles. The minimum Gasteiger partial charge on any atom is -0.381 e. The number of nitrogens with zero attached hydrogens (tertiary/aromatic N) is 3. The van der Waals surface area contributed by atoms with Crippen LogP contribution in [0.4, 0.5) is 0 Å². The number of imidazole rings is 1. The highest BCUT2D eigenvalue weighted by Gasteiger charge is 2.26. The van der Waals surface area contributed by atoms with Gasteiger partial charge in [-0.2, -0.15) is 0 Å². The van der Waals surface area contributed by atoms with Crippen molar-refractivity contribution in [3.8, 4) is 0 Å². The van der Waals surface area contributed by atoms with Gasteiger partial charge in [0.15, 0.2) is 0 Å². The van der Waals surface area contributed by atoms with Crippen molar-refractivity contribution in [1.82, 2.24) is 14.4 Å². The smallest absolute Gasteiger partial charge is 0.116 e. The molecule has 17 heavy (non-hydrogen) atoms. The zero-order valence-corrected chi connectivity index (χ0v) is 10.3. The van der Waals surface area contributed by atoms with Crippen LogP contribution in [0.5, 0.6) is 0 Å². The van der Waals surface area contributed by atoms with Gasteiger partial charge >= 0.3 is 0 Å². The maximum Gasteiger partial charge on any atom is 0.116 e. The first-order valence-corrected chi connectivity index (χ1v) is 6.13. The summed E-state index contributed by atoms with van der Waals surface area (Å²) in [5, 5.41) is 0. The first-order chi connectivity index (χ1) is 8.25. The Labute approximate surface area is 101 Å². The molecule has 0 radical (unpaired) electrons. The lowest BCUT2D eigenvalue weighted by molar-refractivity contribution is 0.0451. The average molecular weight is 231 g/mol. The fourth-order valence-corrected chi connectivity index (χ4v) is 2.55. The van der Waals surface area contributed by atoms with E-state index in [1.54, 1.807) is 0 Å². The summed E-state index contributed by atoms with van der Waals surface area (Å²) < 4.78 is 7.67. The van der Waals surface area contributed by atoms with Crippen LogP contribution in [0.3, 0.4) is 0 Å². The highest BCUT2D eigenvalue weighted by atomic mass is 16.5. The number of ether oxygens (including phenoxy) is 1. The van der Waals surface area contributed by atoms with Crippen LogP contribution in [0.25, 0.3) is 5.52 Å². The molecule has 0 amide bonds. The van der Waals surface area contributed by atoms with Crippen LogP contribution >= 0.6 is 0 Å². The van der Waals surface area contributed by atoms with Crippen LogP contribution in [-0.4, -0.2) is 27.6 Å². The van der Waals surface area contributed by atoms with E-state index in [2.05, 4.69) is 27.5 Å². The van der Waals surface area contributed by atoms with E-state index < -0.39 is 0 Å². The Bertz CT molecular complexity index is 534. The van der Waals surface area contributed by atoms with Crippen molar-refractivity contribution >= 4 is 5.52 Å². The normalized spacial score (nSPS) is 25.3. The van der Waals surface area contributed by atoms with Crippen molar-refractivity contribution in [3.63, 3.8) is 0 Å². The molecule has 2 aromatic rings. The van der Waals surface area contributed by atoms with Crippen LogP contribution in [0.15, 0.2) is 18.6 Å². The summed E-state index contributed by atoms with van der Waals surface area (Å²) in [4.78, 5) is 8.88. The monoisotopic (exact) mass is 231 g/mol. The minimum atomic E-state index is 0.494. The van der Waals surface area contributed by atoms with Crippen LogP contribution < -0.4 is 0 Å². The number of hydrogen-bond acceptors (Lipinski definition) is 3. The first kappa shape index (κ1) is 10.7. The van der Waals surface area contributed by atoms with Gasteiger partial charge in [0, 0.05) is 25.3 Å². The van der Waals surface area contributed by atoms with E-state index in [1.807, 2.05) is 19.3 Å². The molecule has 2 atom stereocenters. The van der Waals surface area contributed by atoms with Crippen LogP contribution in [0, 0.1) is 12.8 Å². The van der Waals surface area contributed by atoms with Crippen LogP contribution in [0.1, 0.15) is 30.8 Å². The Morgan fingerprint density at radius 3 is 3.00 bits per heavy atom. The summed E-state index contributed by atoms with van der Waals surface area (Å²) in [6.07, 6.45) is 6.92. The molecule has 0 bridgehead atoms. The molecule has 2 aromatic heterocycles. The van der Waals surface area contributed by atoms with Gasteiger partial charge in [-0.1, -0.05) is 6.92 Å². The summed E-state index contributed by atoms with van der Waals surface area (Å²) in [5.41, 5.74) is 2.10. The molecule has 0 saturated carbocycles. The zero-order valence-electron chi connectivity index (χ0n) is 10.3. The number of hydrogen-bond donors (Lipinski definition) is 0. The van der Waals surface area contributed by atoms with Gasteiger partial charge in [0.1, 0.15) is 5.82 Å². The third-order valence-electron chi connectivity index (χ3n) is 3.54. The second-order valence-electron chi connectivity index (χ2n) is 4.89. The second kappa shape index (κ2) is 4.11. The van der Waals surface area contributed by atoms with E-state index in [9.17, 15) is 0 Å². The second-order valence-corrected chi connectivity index (χ2v) is 4.89. The van der Waals surface area contributed by atoms with Crippen LogP contribution in [0.2, 0.25) is 0 Å². The molecule has 1 aliphatic heterocycles. The van der Waals surface area contributed by atoms with E-state index >= 15 is 0 Å². The summed E-state index contributed by atoms with van der Waals surface area (Å²) >= 11 is 0. The quantitative estimate of drug-likeness (QED) is 0.755. The maximum absolute atomic E-state index is 5.50. The lowest BCUT2D eigenvalue weighted by atomic mass is 9.89. The third-order valence-corrected chi connectivity index (χ3v) is 3.54. The lowest BCUT2D eigenvalue weighted by Gasteiger charge is -2.27. The van der Waals surface area contributed by atoms with E-state index in [0.29, 0.717) is 11.8 Å². The molecule has 2 unspecified atom stereocenters. The fourth-order valence-electron chi connectivity index (χ4n) is 2.55. The van der Waals surface area contributed by atoms with Crippen LogP contribution in [-0.2, 0) is 4.74 Å². The number of rotatable bonds is 1. The molecule has 0 aromatic carbocycles. The minimum absolute atomic E-state index is 0.494. The molecular formula is C13H17N3O. The summed E-state index contributed by atoms with van der Waals surface area (Å²) in [5.74, 6) is 2.18. The largest absolute Gasteiger partial charge is 0.381 e.